The Bertz CT molecular complexity index is 733. The summed E-state index contributed by atoms with van der Waals surface area (Å²) in [5, 5.41) is 22.2. The molecule has 0 spiro atoms. The van der Waals surface area contributed by atoms with E-state index >= 15 is 0 Å². The van der Waals surface area contributed by atoms with Gasteiger partial charge in [-0.25, -0.2) is 0 Å². The maximum absolute atomic E-state index is 13.1. The van der Waals surface area contributed by atoms with E-state index in [-0.39, 0.29) is 17.9 Å². The zero-order valence-electron chi connectivity index (χ0n) is 17.3. The number of carbonyl (C=O) groups excluding carboxylic acids is 1. The van der Waals surface area contributed by atoms with Crippen molar-refractivity contribution in [1.82, 2.24) is 20.2 Å². The van der Waals surface area contributed by atoms with Crippen LogP contribution in [-0.2, 0) is 11.3 Å². The lowest BCUT2D eigenvalue weighted by Gasteiger charge is -2.56. The van der Waals surface area contributed by atoms with Crippen LogP contribution in [0.2, 0.25) is 0 Å². The standard InChI is InChI=1S/C22H34N4O2/c1-21(28)9-7-15-14(11-21)3-4-17-16(15)8-10-22(2)18(17)5-6-19(22)20(27)12-26-24-13-23-25-26/h13-19,28H,3-12H2,1-2H3/t14?,15-,16+,17+,18-,19+,21-,22-/m0/s1. The molecule has 0 amide bonds. The molecule has 28 heavy (non-hydrogen) atoms. The van der Waals surface area contributed by atoms with Crippen molar-refractivity contribution in [2.24, 2.45) is 40.9 Å². The van der Waals surface area contributed by atoms with Crippen LogP contribution in [0.15, 0.2) is 6.33 Å². The molecule has 8 atom stereocenters. The minimum Gasteiger partial charge on any atom is -0.390 e. The molecule has 1 N–H and O–H groups in total. The maximum Gasteiger partial charge on any atom is 0.162 e. The molecule has 4 aliphatic carbocycles. The molecular formula is C22H34N4O2. The topological polar surface area (TPSA) is 80.9 Å². The minimum absolute atomic E-state index is 0.145. The molecule has 4 aliphatic rings. The number of hydrogen-bond acceptors (Lipinski definition) is 5. The van der Waals surface area contributed by atoms with Crippen LogP contribution in [0, 0.1) is 40.9 Å². The van der Waals surface area contributed by atoms with Gasteiger partial charge in [0, 0.05) is 5.92 Å². The molecule has 1 aromatic rings. The number of ketones is 1. The highest BCUT2D eigenvalue weighted by Crippen LogP contribution is 2.64. The molecule has 0 radical (unpaired) electrons. The van der Waals surface area contributed by atoms with E-state index in [4.69, 9.17) is 0 Å². The van der Waals surface area contributed by atoms with Crippen molar-refractivity contribution in [2.45, 2.75) is 83.8 Å². The van der Waals surface area contributed by atoms with Gasteiger partial charge in [0.1, 0.15) is 6.54 Å². The van der Waals surface area contributed by atoms with Crippen molar-refractivity contribution in [1.29, 1.82) is 0 Å². The third-order valence-corrected chi connectivity index (χ3v) is 9.31. The lowest BCUT2D eigenvalue weighted by molar-refractivity contribution is -0.133. The molecule has 0 bridgehead atoms. The number of fused-ring (bicyclic) bond motifs is 5. The maximum atomic E-state index is 13.1. The molecule has 0 aromatic carbocycles. The molecule has 154 valence electrons. The Hall–Kier alpha value is -1.30. The van der Waals surface area contributed by atoms with Crippen molar-refractivity contribution in [3.05, 3.63) is 6.33 Å². The first-order valence-corrected chi connectivity index (χ1v) is 11.3. The minimum atomic E-state index is -0.447. The van der Waals surface area contributed by atoms with E-state index in [1.54, 1.807) is 0 Å². The summed E-state index contributed by atoms with van der Waals surface area (Å²) in [6.07, 6.45) is 11.8. The second kappa shape index (κ2) is 6.61. The van der Waals surface area contributed by atoms with Crippen LogP contribution >= 0.6 is 0 Å². The number of aliphatic hydroxyl groups is 1. The van der Waals surface area contributed by atoms with Crippen LogP contribution in [0.25, 0.3) is 0 Å². The number of hydrogen-bond donors (Lipinski definition) is 1. The van der Waals surface area contributed by atoms with Gasteiger partial charge >= 0.3 is 0 Å². The highest BCUT2D eigenvalue weighted by molar-refractivity contribution is 5.81. The van der Waals surface area contributed by atoms with E-state index in [2.05, 4.69) is 22.3 Å². The summed E-state index contributed by atoms with van der Waals surface area (Å²) >= 11 is 0. The summed E-state index contributed by atoms with van der Waals surface area (Å²) < 4.78 is 0. The van der Waals surface area contributed by atoms with Gasteiger partial charge in [-0.3, -0.25) is 4.79 Å². The monoisotopic (exact) mass is 386 g/mol. The van der Waals surface area contributed by atoms with Crippen LogP contribution in [-0.4, -0.2) is 36.7 Å². The van der Waals surface area contributed by atoms with Crippen molar-refractivity contribution >= 4 is 5.78 Å². The SMILES string of the molecule is C[C@]1(O)CC[C@H]2C(CC[C@@H]3[C@@H]2CC[C@]2(C)[C@@H](C(=O)Cn4ncnn4)CC[C@@H]32)C1. The van der Waals surface area contributed by atoms with Crippen molar-refractivity contribution in [3.8, 4) is 0 Å². The van der Waals surface area contributed by atoms with E-state index in [1.807, 2.05) is 6.92 Å². The molecule has 1 unspecified atom stereocenters. The van der Waals surface area contributed by atoms with Crippen molar-refractivity contribution < 1.29 is 9.90 Å². The largest absolute Gasteiger partial charge is 0.390 e. The molecule has 5 rings (SSSR count). The van der Waals surface area contributed by atoms with Gasteiger partial charge in [-0.15, -0.1) is 10.2 Å². The van der Waals surface area contributed by atoms with E-state index < -0.39 is 5.60 Å². The van der Waals surface area contributed by atoms with Crippen LogP contribution in [0.5, 0.6) is 0 Å². The third kappa shape index (κ3) is 2.94. The Morgan fingerprint density at radius 1 is 1.07 bits per heavy atom. The molecule has 1 aromatic heterocycles. The number of nitrogens with zero attached hydrogens (tertiary/aromatic N) is 4. The Kier molecular flexibility index (Phi) is 4.42. The van der Waals surface area contributed by atoms with E-state index in [1.165, 1.54) is 49.6 Å². The van der Waals surface area contributed by atoms with Crippen LogP contribution in [0.1, 0.15) is 71.6 Å². The average Bonchev–Trinajstić information content (AvgIpc) is 3.27. The fourth-order valence-corrected chi connectivity index (χ4v) is 8.12. The molecule has 4 fully saturated rings. The predicted octanol–water partition coefficient (Wildman–Crippen LogP) is 3.26. The fourth-order valence-electron chi connectivity index (χ4n) is 8.12. The van der Waals surface area contributed by atoms with E-state index in [9.17, 15) is 9.90 Å². The molecular weight excluding hydrogens is 352 g/mol. The number of aromatic nitrogens is 4. The van der Waals surface area contributed by atoms with Crippen LogP contribution in [0.4, 0.5) is 0 Å². The summed E-state index contributed by atoms with van der Waals surface area (Å²) in [6, 6.07) is 0. The van der Waals surface area contributed by atoms with Gasteiger partial charge in [0.25, 0.3) is 0 Å². The summed E-state index contributed by atoms with van der Waals surface area (Å²) in [7, 11) is 0. The number of rotatable bonds is 3. The van der Waals surface area contributed by atoms with Gasteiger partial charge in [0.2, 0.25) is 0 Å². The summed E-state index contributed by atoms with van der Waals surface area (Å²) in [5.74, 6) is 4.25. The zero-order chi connectivity index (χ0) is 19.5. The smallest absolute Gasteiger partial charge is 0.162 e. The first-order chi connectivity index (χ1) is 13.4. The Labute approximate surface area is 167 Å². The van der Waals surface area contributed by atoms with Gasteiger partial charge in [-0.2, -0.15) is 4.80 Å². The zero-order valence-corrected chi connectivity index (χ0v) is 17.3. The highest BCUT2D eigenvalue weighted by atomic mass is 16.3. The number of Topliss-reactive ketones (excluding diaryl/α,β-unsaturated/α-hetero) is 1. The second-order valence-electron chi connectivity index (χ2n) is 10.8. The normalized spacial score (nSPS) is 47.8. The van der Waals surface area contributed by atoms with E-state index in [0.29, 0.717) is 17.6 Å². The first kappa shape index (κ1) is 18.7. The van der Waals surface area contributed by atoms with Crippen LogP contribution in [0.3, 0.4) is 0 Å². The Morgan fingerprint density at radius 2 is 1.89 bits per heavy atom. The van der Waals surface area contributed by atoms with Crippen molar-refractivity contribution in [2.75, 3.05) is 0 Å². The second-order valence-corrected chi connectivity index (χ2v) is 10.8. The van der Waals surface area contributed by atoms with E-state index in [0.717, 1.165) is 37.0 Å². The quantitative estimate of drug-likeness (QED) is 0.862. The third-order valence-electron chi connectivity index (χ3n) is 9.31. The van der Waals surface area contributed by atoms with Gasteiger partial charge in [-0.1, -0.05) is 6.92 Å². The molecule has 0 aliphatic heterocycles. The average molecular weight is 387 g/mol. The highest BCUT2D eigenvalue weighted by Gasteiger charge is 2.58. The molecule has 6 heteroatoms. The predicted molar refractivity (Wildman–Crippen MR) is 104 cm³/mol. The van der Waals surface area contributed by atoms with Gasteiger partial charge < -0.3 is 5.11 Å². The summed E-state index contributed by atoms with van der Waals surface area (Å²) in [5.41, 5.74) is -0.302. The summed E-state index contributed by atoms with van der Waals surface area (Å²) in [6.45, 7) is 4.70. The Balaban J connectivity index is 1.32. The number of carbonyl (C=O) groups is 1. The summed E-state index contributed by atoms with van der Waals surface area (Å²) in [4.78, 5) is 14.5. The van der Waals surface area contributed by atoms with Gasteiger partial charge in [-0.05, 0) is 105 Å². The lowest BCUT2D eigenvalue weighted by Crippen LogP contribution is -2.51. The Morgan fingerprint density at radius 3 is 2.68 bits per heavy atom. The first-order valence-electron chi connectivity index (χ1n) is 11.3. The van der Waals surface area contributed by atoms with Crippen molar-refractivity contribution in [3.63, 3.8) is 0 Å². The molecule has 4 saturated carbocycles. The van der Waals surface area contributed by atoms with Gasteiger partial charge in [0.15, 0.2) is 12.1 Å². The molecule has 6 nitrogen and oxygen atoms in total. The van der Waals surface area contributed by atoms with Gasteiger partial charge in [0.05, 0.1) is 5.60 Å². The molecule has 0 saturated heterocycles. The number of tetrazole rings is 1. The van der Waals surface area contributed by atoms with Crippen LogP contribution < -0.4 is 0 Å². The molecule has 1 heterocycles. The lowest BCUT2D eigenvalue weighted by atomic mass is 9.49. The fraction of sp³-hybridized carbons (Fsp3) is 0.909.